The van der Waals surface area contributed by atoms with Crippen molar-refractivity contribution in [3.63, 3.8) is 0 Å². The fourth-order valence-electron chi connectivity index (χ4n) is 3.96. The van der Waals surface area contributed by atoms with Crippen molar-refractivity contribution in [2.45, 2.75) is 46.1 Å². The van der Waals surface area contributed by atoms with Crippen LogP contribution in [-0.2, 0) is 19.4 Å². The lowest BCUT2D eigenvalue weighted by Crippen LogP contribution is -2.13. The van der Waals surface area contributed by atoms with Gasteiger partial charge in [-0.05, 0) is 54.2 Å². The standard InChI is InChI=1S/C27H30N2O/c1-20(2)23-15-13-21(3)19-26(23)30-18-17-29-25-12-8-7-11-24(25)28-27(29)16-14-22-9-5-4-6-10-22/h4-13,15,19-20H,14,16-18H2,1-3H3. The van der Waals surface area contributed by atoms with Crippen molar-refractivity contribution in [2.75, 3.05) is 6.61 Å². The summed E-state index contributed by atoms with van der Waals surface area (Å²) in [6, 6.07) is 25.5. The Morgan fingerprint density at radius 1 is 0.900 bits per heavy atom. The van der Waals surface area contributed by atoms with Gasteiger partial charge < -0.3 is 9.30 Å². The molecule has 1 aromatic heterocycles. The van der Waals surface area contributed by atoms with Gasteiger partial charge in [-0.1, -0.05) is 68.4 Å². The minimum Gasteiger partial charge on any atom is -0.491 e. The lowest BCUT2D eigenvalue weighted by atomic mass is 10.0. The van der Waals surface area contributed by atoms with E-state index in [4.69, 9.17) is 9.72 Å². The minimum atomic E-state index is 0.441. The van der Waals surface area contributed by atoms with Crippen LogP contribution in [0.25, 0.3) is 11.0 Å². The smallest absolute Gasteiger partial charge is 0.123 e. The first-order chi connectivity index (χ1) is 14.6. The predicted molar refractivity (Wildman–Crippen MR) is 124 cm³/mol. The Balaban J connectivity index is 1.53. The zero-order chi connectivity index (χ0) is 20.9. The number of hydrogen-bond donors (Lipinski definition) is 0. The number of aryl methyl sites for hydroxylation is 3. The van der Waals surface area contributed by atoms with E-state index in [2.05, 4.69) is 98.1 Å². The zero-order valence-corrected chi connectivity index (χ0v) is 18.1. The average molecular weight is 399 g/mol. The van der Waals surface area contributed by atoms with Crippen molar-refractivity contribution in [3.05, 3.63) is 95.3 Å². The van der Waals surface area contributed by atoms with E-state index in [1.54, 1.807) is 0 Å². The summed E-state index contributed by atoms with van der Waals surface area (Å²) in [4.78, 5) is 4.92. The van der Waals surface area contributed by atoms with Gasteiger partial charge in [0, 0.05) is 6.42 Å². The van der Waals surface area contributed by atoms with Crippen LogP contribution in [0, 0.1) is 6.92 Å². The van der Waals surface area contributed by atoms with Crippen molar-refractivity contribution >= 4 is 11.0 Å². The molecule has 0 saturated carbocycles. The highest BCUT2D eigenvalue weighted by Gasteiger charge is 2.12. The second-order valence-electron chi connectivity index (χ2n) is 8.20. The van der Waals surface area contributed by atoms with Crippen molar-refractivity contribution in [3.8, 4) is 5.75 Å². The van der Waals surface area contributed by atoms with E-state index in [1.807, 2.05) is 0 Å². The number of ether oxygens (including phenoxy) is 1. The van der Waals surface area contributed by atoms with Crippen LogP contribution in [-0.4, -0.2) is 16.2 Å². The van der Waals surface area contributed by atoms with Crippen molar-refractivity contribution in [1.29, 1.82) is 0 Å². The monoisotopic (exact) mass is 398 g/mol. The quantitative estimate of drug-likeness (QED) is 0.347. The summed E-state index contributed by atoms with van der Waals surface area (Å²) < 4.78 is 8.59. The Labute approximate surface area is 179 Å². The maximum atomic E-state index is 6.27. The number of aromatic nitrogens is 2. The summed E-state index contributed by atoms with van der Waals surface area (Å²) in [6.45, 7) is 7.95. The van der Waals surface area contributed by atoms with E-state index >= 15 is 0 Å². The van der Waals surface area contributed by atoms with E-state index in [1.165, 1.54) is 22.2 Å². The predicted octanol–water partition coefficient (Wildman–Crippen LogP) is 6.33. The van der Waals surface area contributed by atoms with E-state index in [0.717, 1.165) is 36.5 Å². The number of para-hydroxylation sites is 2. The Bertz CT molecular complexity index is 1110. The van der Waals surface area contributed by atoms with Crippen LogP contribution in [0.5, 0.6) is 5.75 Å². The molecule has 0 aliphatic carbocycles. The molecule has 3 heteroatoms. The minimum absolute atomic E-state index is 0.441. The van der Waals surface area contributed by atoms with Gasteiger partial charge in [-0.25, -0.2) is 4.98 Å². The highest BCUT2D eigenvalue weighted by atomic mass is 16.5. The molecule has 3 nitrogen and oxygen atoms in total. The molecule has 0 radical (unpaired) electrons. The van der Waals surface area contributed by atoms with E-state index < -0.39 is 0 Å². The molecule has 4 aromatic rings. The molecule has 154 valence electrons. The van der Waals surface area contributed by atoms with Gasteiger partial charge in [-0.3, -0.25) is 0 Å². The van der Waals surface area contributed by atoms with Gasteiger partial charge in [0.15, 0.2) is 0 Å². The molecular weight excluding hydrogens is 368 g/mol. The SMILES string of the molecule is Cc1ccc(C(C)C)c(OCCn2c(CCc3ccccc3)nc3ccccc32)c1. The molecule has 4 rings (SSSR count). The Morgan fingerprint density at radius 2 is 1.67 bits per heavy atom. The molecular formula is C27H30N2O. The molecule has 0 aliphatic rings. The fraction of sp³-hybridized carbons (Fsp3) is 0.296. The van der Waals surface area contributed by atoms with Crippen molar-refractivity contribution in [2.24, 2.45) is 0 Å². The van der Waals surface area contributed by atoms with Crippen LogP contribution in [0.1, 0.15) is 42.3 Å². The highest BCUT2D eigenvalue weighted by Crippen LogP contribution is 2.27. The molecule has 0 saturated heterocycles. The first kappa shape index (κ1) is 20.2. The Morgan fingerprint density at radius 3 is 2.47 bits per heavy atom. The fourth-order valence-corrected chi connectivity index (χ4v) is 3.96. The summed E-state index contributed by atoms with van der Waals surface area (Å²) in [5, 5.41) is 0. The summed E-state index contributed by atoms with van der Waals surface area (Å²) in [5.41, 5.74) is 6.07. The van der Waals surface area contributed by atoms with Crippen LogP contribution in [0.3, 0.4) is 0 Å². The van der Waals surface area contributed by atoms with Crippen LogP contribution < -0.4 is 4.74 Å². The third-order valence-corrected chi connectivity index (χ3v) is 5.58. The van der Waals surface area contributed by atoms with Gasteiger partial charge in [0.05, 0.1) is 17.6 Å². The third kappa shape index (κ3) is 4.56. The molecule has 0 bridgehead atoms. The van der Waals surface area contributed by atoms with Crippen LogP contribution >= 0.6 is 0 Å². The molecule has 30 heavy (non-hydrogen) atoms. The van der Waals surface area contributed by atoms with Gasteiger partial charge in [0.1, 0.15) is 18.2 Å². The van der Waals surface area contributed by atoms with Crippen LogP contribution in [0.15, 0.2) is 72.8 Å². The van der Waals surface area contributed by atoms with Crippen LogP contribution in [0.2, 0.25) is 0 Å². The summed E-state index contributed by atoms with van der Waals surface area (Å²) in [6.07, 6.45) is 1.90. The Kier molecular flexibility index (Phi) is 6.18. The number of imidazole rings is 1. The molecule has 1 heterocycles. The molecule has 3 aromatic carbocycles. The Hall–Kier alpha value is -3.07. The normalized spacial score (nSPS) is 11.3. The van der Waals surface area contributed by atoms with E-state index in [-0.39, 0.29) is 0 Å². The molecule has 0 atom stereocenters. The van der Waals surface area contributed by atoms with Crippen LogP contribution in [0.4, 0.5) is 0 Å². The number of fused-ring (bicyclic) bond motifs is 1. The van der Waals surface area contributed by atoms with Crippen molar-refractivity contribution < 1.29 is 4.74 Å². The number of rotatable bonds is 8. The second-order valence-corrected chi connectivity index (χ2v) is 8.20. The molecule has 0 fully saturated rings. The molecule has 0 unspecified atom stereocenters. The zero-order valence-electron chi connectivity index (χ0n) is 18.1. The van der Waals surface area contributed by atoms with Gasteiger partial charge in [0.25, 0.3) is 0 Å². The summed E-state index contributed by atoms with van der Waals surface area (Å²) >= 11 is 0. The molecule has 0 spiro atoms. The lowest BCUT2D eigenvalue weighted by Gasteiger charge is -2.16. The van der Waals surface area contributed by atoms with Crippen molar-refractivity contribution in [1.82, 2.24) is 9.55 Å². The van der Waals surface area contributed by atoms with E-state index in [0.29, 0.717) is 12.5 Å². The van der Waals surface area contributed by atoms with Gasteiger partial charge >= 0.3 is 0 Å². The van der Waals surface area contributed by atoms with E-state index in [9.17, 15) is 0 Å². The molecule has 0 amide bonds. The summed E-state index contributed by atoms with van der Waals surface area (Å²) in [7, 11) is 0. The number of benzene rings is 3. The number of nitrogens with zero attached hydrogens (tertiary/aromatic N) is 2. The molecule has 0 aliphatic heterocycles. The highest BCUT2D eigenvalue weighted by molar-refractivity contribution is 5.75. The molecule has 0 N–H and O–H groups in total. The average Bonchev–Trinajstić information content (AvgIpc) is 3.10. The number of hydrogen-bond acceptors (Lipinski definition) is 2. The largest absolute Gasteiger partial charge is 0.491 e. The first-order valence-electron chi connectivity index (χ1n) is 10.8. The maximum absolute atomic E-state index is 6.27. The topological polar surface area (TPSA) is 27.1 Å². The first-order valence-corrected chi connectivity index (χ1v) is 10.8. The van der Waals surface area contributed by atoms with Gasteiger partial charge in [-0.15, -0.1) is 0 Å². The summed E-state index contributed by atoms with van der Waals surface area (Å²) in [5.74, 6) is 2.56. The van der Waals surface area contributed by atoms with Gasteiger partial charge in [-0.2, -0.15) is 0 Å². The van der Waals surface area contributed by atoms with Gasteiger partial charge in [0.2, 0.25) is 0 Å². The maximum Gasteiger partial charge on any atom is 0.123 e. The third-order valence-electron chi connectivity index (χ3n) is 5.58. The lowest BCUT2D eigenvalue weighted by molar-refractivity contribution is 0.294. The second kappa shape index (κ2) is 9.17.